The highest BCUT2D eigenvalue weighted by atomic mass is 19.4. The van der Waals surface area contributed by atoms with Gasteiger partial charge >= 0.3 is 6.18 Å². The number of aliphatic hydroxyl groups is 1. The van der Waals surface area contributed by atoms with Crippen molar-refractivity contribution in [2.75, 3.05) is 6.54 Å². The van der Waals surface area contributed by atoms with Crippen molar-refractivity contribution in [3.05, 3.63) is 47.5 Å². The summed E-state index contributed by atoms with van der Waals surface area (Å²) in [6.45, 7) is 4.58. The normalized spacial score (nSPS) is 22.0. The molecule has 2 unspecified atom stereocenters. The van der Waals surface area contributed by atoms with E-state index in [0.717, 1.165) is 6.07 Å². The third-order valence-corrected chi connectivity index (χ3v) is 4.49. The fourth-order valence-electron chi connectivity index (χ4n) is 3.42. The molecular formula is C17H21F3N4O. The van der Waals surface area contributed by atoms with Crippen molar-refractivity contribution < 1.29 is 18.3 Å². The number of aromatic nitrogens is 3. The molecule has 2 aromatic rings. The summed E-state index contributed by atoms with van der Waals surface area (Å²) in [5, 5.41) is 14.2. The second-order valence-electron chi connectivity index (χ2n) is 6.63. The second kappa shape index (κ2) is 6.76. The second-order valence-corrected chi connectivity index (χ2v) is 6.63. The Morgan fingerprint density at radius 1 is 1.28 bits per heavy atom. The molecule has 0 amide bonds. The first-order valence-corrected chi connectivity index (χ1v) is 8.24. The number of rotatable bonds is 4. The van der Waals surface area contributed by atoms with Gasteiger partial charge in [0.15, 0.2) is 0 Å². The number of nitrogens with zero attached hydrogens (tertiary/aromatic N) is 4. The smallest absolute Gasteiger partial charge is 0.392 e. The van der Waals surface area contributed by atoms with Gasteiger partial charge in [-0.15, -0.1) is 0 Å². The molecule has 0 radical (unpaired) electrons. The monoisotopic (exact) mass is 354 g/mol. The molecule has 1 aliphatic rings. The maximum absolute atomic E-state index is 13.4. The van der Waals surface area contributed by atoms with Gasteiger partial charge in [0.25, 0.3) is 0 Å². The number of alkyl halides is 3. The molecule has 1 aromatic carbocycles. The first kappa shape index (κ1) is 17.9. The van der Waals surface area contributed by atoms with Crippen molar-refractivity contribution in [3.63, 3.8) is 0 Å². The Hall–Kier alpha value is -1.93. The molecule has 1 aromatic heterocycles. The van der Waals surface area contributed by atoms with Crippen LogP contribution in [0.5, 0.6) is 0 Å². The van der Waals surface area contributed by atoms with E-state index in [1.165, 1.54) is 18.5 Å². The highest BCUT2D eigenvalue weighted by molar-refractivity contribution is 5.33. The van der Waals surface area contributed by atoms with Crippen molar-refractivity contribution >= 4 is 0 Å². The van der Waals surface area contributed by atoms with Crippen LogP contribution in [0.15, 0.2) is 30.6 Å². The first-order chi connectivity index (χ1) is 11.8. The molecule has 1 saturated heterocycles. The maximum atomic E-state index is 13.4. The predicted molar refractivity (Wildman–Crippen MR) is 85.6 cm³/mol. The summed E-state index contributed by atoms with van der Waals surface area (Å²) in [7, 11) is 0. The maximum Gasteiger partial charge on any atom is 0.416 e. The van der Waals surface area contributed by atoms with E-state index in [-0.39, 0.29) is 18.0 Å². The van der Waals surface area contributed by atoms with Gasteiger partial charge < -0.3 is 5.11 Å². The Bertz CT molecular complexity index is 729. The zero-order valence-electron chi connectivity index (χ0n) is 14.1. The minimum absolute atomic E-state index is 0.103. The van der Waals surface area contributed by atoms with Crippen LogP contribution in [-0.2, 0) is 12.7 Å². The van der Waals surface area contributed by atoms with Crippen LogP contribution < -0.4 is 0 Å². The Labute approximate surface area is 144 Å². The molecule has 1 fully saturated rings. The summed E-state index contributed by atoms with van der Waals surface area (Å²) in [5.41, 5.74) is -0.452. The molecule has 8 heteroatoms. The van der Waals surface area contributed by atoms with Gasteiger partial charge in [0.1, 0.15) is 12.2 Å². The predicted octanol–water partition coefficient (Wildman–Crippen LogP) is 3.19. The van der Waals surface area contributed by atoms with E-state index in [4.69, 9.17) is 0 Å². The molecule has 136 valence electrons. The van der Waals surface area contributed by atoms with Crippen LogP contribution in [0.1, 0.15) is 49.3 Å². The zero-order chi connectivity index (χ0) is 18.2. The van der Waals surface area contributed by atoms with Crippen LogP contribution in [0.2, 0.25) is 0 Å². The van der Waals surface area contributed by atoms with E-state index in [1.807, 2.05) is 18.7 Å². The molecule has 2 heterocycles. The highest BCUT2D eigenvalue weighted by Crippen LogP contribution is 2.40. The average molecular weight is 354 g/mol. The SMILES string of the molecule is CC(C)n1ncnc1CN1CC(O)CC1c1ccccc1C(F)(F)F. The van der Waals surface area contributed by atoms with E-state index < -0.39 is 23.9 Å². The lowest BCUT2D eigenvalue weighted by atomic mass is 9.97. The molecule has 0 aliphatic carbocycles. The molecule has 5 nitrogen and oxygen atoms in total. The molecular weight excluding hydrogens is 333 g/mol. The van der Waals surface area contributed by atoms with E-state index >= 15 is 0 Å². The first-order valence-electron chi connectivity index (χ1n) is 8.24. The Kier molecular flexibility index (Phi) is 4.83. The fraction of sp³-hybridized carbons (Fsp3) is 0.529. The lowest BCUT2D eigenvalue weighted by molar-refractivity contribution is -0.138. The average Bonchev–Trinajstić information content (AvgIpc) is 3.13. The number of likely N-dealkylation sites (tertiary alicyclic amines) is 1. The fourth-order valence-corrected chi connectivity index (χ4v) is 3.42. The summed E-state index contributed by atoms with van der Waals surface area (Å²) < 4.78 is 41.8. The number of hydrogen-bond donors (Lipinski definition) is 1. The summed E-state index contributed by atoms with van der Waals surface area (Å²) in [6, 6.07) is 5.17. The molecule has 2 atom stereocenters. The minimum atomic E-state index is -4.42. The standard InChI is InChI=1S/C17H21F3N4O/c1-11(2)24-16(21-10-22-24)9-23-8-12(25)7-15(23)13-5-3-4-6-14(13)17(18,19)20/h3-6,10-12,15,25H,7-9H2,1-2H3. The quantitative estimate of drug-likeness (QED) is 0.916. The van der Waals surface area contributed by atoms with E-state index in [0.29, 0.717) is 18.9 Å². The third-order valence-electron chi connectivity index (χ3n) is 4.49. The van der Waals surface area contributed by atoms with Crippen molar-refractivity contribution in [2.45, 2.75) is 51.2 Å². The van der Waals surface area contributed by atoms with Gasteiger partial charge in [-0.05, 0) is 31.9 Å². The van der Waals surface area contributed by atoms with Crippen LogP contribution in [0.4, 0.5) is 13.2 Å². The minimum Gasteiger partial charge on any atom is -0.392 e. The largest absolute Gasteiger partial charge is 0.416 e. The van der Waals surface area contributed by atoms with Gasteiger partial charge in [0.05, 0.1) is 18.2 Å². The van der Waals surface area contributed by atoms with Gasteiger partial charge in [0.2, 0.25) is 0 Å². The van der Waals surface area contributed by atoms with E-state index in [9.17, 15) is 18.3 Å². The summed E-state index contributed by atoms with van der Waals surface area (Å²) in [6.07, 6.45) is -3.38. The number of hydrogen-bond acceptors (Lipinski definition) is 4. The number of benzene rings is 1. The van der Waals surface area contributed by atoms with Crippen LogP contribution in [-0.4, -0.2) is 37.4 Å². The van der Waals surface area contributed by atoms with Crippen molar-refractivity contribution in [1.82, 2.24) is 19.7 Å². The van der Waals surface area contributed by atoms with Gasteiger partial charge in [0, 0.05) is 18.6 Å². The van der Waals surface area contributed by atoms with Gasteiger partial charge in [-0.2, -0.15) is 18.3 Å². The van der Waals surface area contributed by atoms with Crippen molar-refractivity contribution in [3.8, 4) is 0 Å². The third kappa shape index (κ3) is 3.69. The van der Waals surface area contributed by atoms with Crippen LogP contribution in [0, 0.1) is 0 Å². The topological polar surface area (TPSA) is 54.2 Å². The van der Waals surface area contributed by atoms with E-state index in [1.54, 1.807) is 10.7 Å². The lowest BCUT2D eigenvalue weighted by Crippen LogP contribution is -2.28. The Morgan fingerprint density at radius 2 is 2.00 bits per heavy atom. The number of halogens is 3. The zero-order valence-corrected chi connectivity index (χ0v) is 14.1. The molecule has 0 saturated carbocycles. The van der Waals surface area contributed by atoms with Crippen LogP contribution >= 0.6 is 0 Å². The van der Waals surface area contributed by atoms with Crippen molar-refractivity contribution in [2.24, 2.45) is 0 Å². The summed E-state index contributed by atoms with van der Waals surface area (Å²) in [5.74, 6) is 0.679. The Balaban J connectivity index is 1.92. The van der Waals surface area contributed by atoms with E-state index in [2.05, 4.69) is 10.1 Å². The molecule has 1 aliphatic heterocycles. The Morgan fingerprint density at radius 3 is 2.68 bits per heavy atom. The molecule has 0 spiro atoms. The van der Waals surface area contributed by atoms with Gasteiger partial charge in [-0.3, -0.25) is 4.90 Å². The summed E-state index contributed by atoms with van der Waals surface area (Å²) in [4.78, 5) is 6.08. The van der Waals surface area contributed by atoms with Gasteiger partial charge in [-0.1, -0.05) is 18.2 Å². The highest BCUT2D eigenvalue weighted by Gasteiger charge is 2.40. The van der Waals surface area contributed by atoms with Gasteiger partial charge in [-0.25, -0.2) is 9.67 Å². The molecule has 0 bridgehead atoms. The number of aliphatic hydroxyl groups excluding tert-OH is 1. The van der Waals surface area contributed by atoms with Crippen molar-refractivity contribution in [1.29, 1.82) is 0 Å². The lowest BCUT2D eigenvalue weighted by Gasteiger charge is -2.26. The molecule has 3 rings (SSSR count). The summed E-state index contributed by atoms with van der Waals surface area (Å²) >= 11 is 0. The van der Waals surface area contributed by atoms with Crippen LogP contribution in [0.3, 0.4) is 0 Å². The molecule has 1 N–H and O–H groups in total. The number of β-amino-alcohol motifs (C(OH)–C–C–N with tert-alkyl or cyclic N) is 1. The molecule has 25 heavy (non-hydrogen) atoms. The van der Waals surface area contributed by atoms with Crippen LogP contribution in [0.25, 0.3) is 0 Å².